The highest BCUT2D eigenvalue weighted by molar-refractivity contribution is 5.09. The van der Waals surface area contributed by atoms with Gasteiger partial charge in [0.2, 0.25) is 0 Å². The molecule has 0 aromatic rings. The molecule has 0 radical (unpaired) electrons. The fraction of sp³-hybridized carbons (Fsp3) is 1.00. The third kappa shape index (κ3) is 2.56. The van der Waals surface area contributed by atoms with E-state index >= 15 is 0 Å². The lowest BCUT2D eigenvalue weighted by Crippen LogP contribution is -2.35. The molecule has 3 rings (SSSR count). The third-order valence-corrected chi connectivity index (χ3v) is 5.46. The number of hydrogen-bond acceptors (Lipinski definition) is 3. The van der Waals surface area contributed by atoms with Crippen LogP contribution in [0, 0.1) is 11.8 Å². The lowest BCUT2D eigenvalue weighted by Gasteiger charge is -2.27. The van der Waals surface area contributed by atoms with Crippen molar-refractivity contribution in [1.29, 1.82) is 0 Å². The molecule has 19 heavy (non-hydrogen) atoms. The summed E-state index contributed by atoms with van der Waals surface area (Å²) in [4.78, 5) is 0. The Balaban J connectivity index is 0.00000133. The van der Waals surface area contributed by atoms with E-state index in [0.29, 0.717) is 17.9 Å². The maximum absolute atomic E-state index is 10.6. The van der Waals surface area contributed by atoms with Crippen molar-refractivity contribution in [2.24, 2.45) is 11.8 Å². The molecule has 6 atom stereocenters. The van der Waals surface area contributed by atoms with Crippen molar-refractivity contribution in [1.82, 2.24) is 0 Å². The van der Waals surface area contributed by atoms with Gasteiger partial charge in [-0.2, -0.15) is 0 Å². The molecule has 0 bridgehead atoms. The molecule has 0 aromatic heterocycles. The molecule has 0 spiro atoms. The topological polar surface area (TPSA) is 76.8 Å². The SMILES string of the molecule is CC(C)[C@@H]1CC[C@@]2(C)O[C@@H]2CC[C@]2(C)O[C@H]2[C@@H]1O.O. The maximum atomic E-state index is 10.6. The van der Waals surface area contributed by atoms with Crippen LogP contribution in [0.3, 0.4) is 0 Å². The number of rotatable bonds is 1. The molecule has 4 heteroatoms. The summed E-state index contributed by atoms with van der Waals surface area (Å²) in [6.45, 7) is 8.76. The summed E-state index contributed by atoms with van der Waals surface area (Å²) >= 11 is 0. The van der Waals surface area contributed by atoms with Crippen molar-refractivity contribution in [3.63, 3.8) is 0 Å². The maximum Gasteiger partial charge on any atom is 0.113 e. The Morgan fingerprint density at radius 1 is 1.05 bits per heavy atom. The quantitative estimate of drug-likeness (QED) is 0.738. The summed E-state index contributed by atoms with van der Waals surface area (Å²) in [5, 5.41) is 10.6. The summed E-state index contributed by atoms with van der Waals surface area (Å²) in [6.07, 6.45) is 4.36. The fourth-order valence-corrected chi connectivity index (χ4v) is 3.76. The Labute approximate surface area is 115 Å². The van der Waals surface area contributed by atoms with Crippen molar-refractivity contribution in [3.05, 3.63) is 0 Å². The van der Waals surface area contributed by atoms with Crippen molar-refractivity contribution in [2.75, 3.05) is 0 Å². The van der Waals surface area contributed by atoms with Gasteiger partial charge in [-0.25, -0.2) is 0 Å². The first kappa shape index (κ1) is 15.2. The zero-order valence-electron chi connectivity index (χ0n) is 12.5. The summed E-state index contributed by atoms with van der Waals surface area (Å²) in [6, 6.07) is 0. The number of aliphatic hydroxyl groups is 1. The van der Waals surface area contributed by atoms with Crippen LogP contribution in [0.5, 0.6) is 0 Å². The lowest BCUT2D eigenvalue weighted by molar-refractivity contribution is 0.0461. The molecular weight excluding hydrogens is 244 g/mol. The van der Waals surface area contributed by atoms with Crippen LogP contribution in [0.4, 0.5) is 0 Å². The average Bonchev–Trinajstić information content (AvgIpc) is 3.12. The van der Waals surface area contributed by atoms with E-state index in [0.717, 1.165) is 25.7 Å². The molecule has 1 saturated carbocycles. The van der Waals surface area contributed by atoms with Gasteiger partial charge < -0.3 is 20.1 Å². The van der Waals surface area contributed by atoms with Gasteiger partial charge in [-0.15, -0.1) is 0 Å². The standard InChI is InChI=1S/C15H26O3.H2O/c1-9(2)10-5-7-14(3)11(17-14)6-8-15(4)13(18-15)12(10)16;/h9-13,16H,5-8H2,1-4H3;1H2/t10-,11+,12+,13-,14+,15-;/m0./s1. The van der Waals surface area contributed by atoms with Gasteiger partial charge in [0.15, 0.2) is 0 Å². The van der Waals surface area contributed by atoms with Gasteiger partial charge in [-0.05, 0) is 51.4 Å². The first-order valence-corrected chi connectivity index (χ1v) is 7.39. The van der Waals surface area contributed by atoms with Crippen molar-refractivity contribution in [2.45, 2.75) is 82.9 Å². The van der Waals surface area contributed by atoms with Crippen LogP contribution in [0.25, 0.3) is 0 Å². The van der Waals surface area contributed by atoms with Crippen LogP contribution >= 0.6 is 0 Å². The number of ether oxygens (including phenoxy) is 2. The molecule has 3 N–H and O–H groups in total. The van der Waals surface area contributed by atoms with E-state index in [4.69, 9.17) is 9.47 Å². The monoisotopic (exact) mass is 272 g/mol. The fourth-order valence-electron chi connectivity index (χ4n) is 3.76. The van der Waals surface area contributed by atoms with E-state index < -0.39 is 0 Å². The lowest BCUT2D eigenvalue weighted by atomic mass is 9.78. The summed E-state index contributed by atoms with van der Waals surface area (Å²) in [5.41, 5.74) is -0.0261. The van der Waals surface area contributed by atoms with Gasteiger partial charge in [0, 0.05) is 0 Å². The largest absolute Gasteiger partial charge is 0.412 e. The zero-order chi connectivity index (χ0) is 13.1. The highest BCUT2D eigenvalue weighted by Gasteiger charge is 2.61. The minimum absolute atomic E-state index is 0. The predicted octanol–water partition coefficient (Wildman–Crippen LogP) is 1.68. The van der Waals surface area contributed by atoms with Gasteiger partial charge in [0.1, 0.15) is 6.10 Å². The number of epoxide rings is 2. The number of fused-ring (bicyclic) bond motifs is 2. The second kappa shape index (κ2) is 4.69. The zero-order valence-corrected chi connectivity index (χ0v) is 12.5. The van der Waals surface area contributed by atoms with E-state index in [1.807, 2.05) is 0 Å². The molecule has 0 unspecified atom stereocenters. The Hall–Kier alpha value is -0.160. The normalized spacial score (nSPS) is 52.7. The molecule has 0 aromatic carbocycles. The Morgan fingerprint density at radius 2 is 1.68 bits per heavy atom. The number of aliphatic hydroxyl groups excluding tert-OH is 1. The van der Waals surface area contributed by atoms with Crippen LogP contribution in [0.1, 0.15) is 53.4 Å². The molecule has 0 amide bonds. The molecular formula is C15H28O4. The predicted molar refractivity (Wildman–Crippen MR) is 73.0 cm³/mol. The Morgan fingerprint density at radius 3 is 2.32 bits per heavy atom. The Kier molecular flexibility index (Phi) is 3.76. The summed E-state index contributed by atoms with van der Waals surface area (Å²) in [5.74, 6) is 0.824. The molecule has 2 aliphatic heterocycles. The molecule has 1 aliphatic carbocycles. The van der Waals surface area contributed by atoms with E-state index in [-0.39, 0.29) is 28.9 Å². The summed E-state index contributed by atoms with van der Waals surface area (Å²) in [7, 11) is 0. The van der Waals surface area contributed by atoms with Crippen LogP contribution in [0.2, 0.25) is 0 Å². The van der Waals surface area contributed by atoms with E-state index in [9.17, 15) is 5.11 Å². The molecule has 4 nitrogen and oxygen atoms in total. The highest BCUT2D eigenvalue weighted by atomic mass is 16.6. The first-order chi connectivity index (χ1) is 8.36. The van der Waals surface area contributed by atoms with Crippen molar-refractivity contribution >= 4 is 0 Å². The van der Waals surface area contributed by atoms with Gasteiger partial charge in [0.25, 0.3) is 0 Å². The van der Waals surface area contributed by atoms with E-state index in [2.05, 4.69) is 27.7 Å². The van der Waals surface area contributed by atoms with Crippen LogP contribution in [-0.2, 0) is 9.47 Å². The van der Waals surface area contributed by atoms with E-state index in [1.165, 1.54) is 0 Å². The Bertz CT molecular complexity index is 345. The second-order valence-corrected chi connectivity index (χ2v) is 7.25. The van der Waals surface area contributed by atoms with Gasteiger partial charge in [-0.3, -0.25) is 0 Å². The average molecular weight is 272 g/mol. The summed E-state index contributed by atoms with van der Waals surface area (Å²) < 4.78 is 11.7. The molecule has 2 heterocycles. The molecule has 2 saturated heterocycles. The van der Waals surface area contributed by atoms with Gasteiger partial charge in [0.05, 0.1) is 23.4 Å². The van der Waals surface area contributed by atoms with Crippen LogP contribution < -0.4 is 0 Å². The molecule has 3 aliphatic rings. The minimum Gasteiger partial charge on any atom is -0.412 e. The molecule has 3 fully saturated rings. The van der Waals surface area contributed by atoms with E-state index in [1.54, 1.807) is 0 Å². The third-order valence-electron chi connectivity index (χ3n) is 5.46. The van der Waals surface area contributed by atoms with Crippen LogP contribution in [0.15, 0.2) is 0 Å². The van der Waals surface area contributed by atoms with Gasteiger partial charge in [-0.1, -0.05) is 13.8 Å². The number of hydrogen-bond donors (Lipinski definition) is 1. The van der Waals surface area contributed by atoms with Crippen LogP contribution in [-0.4, -0.2) is 40.1 Å². The van der Waals surface area contributed by atoms with Crippen molar-refractivity contribution < 1.29 is 20.1 Å². The highest BCUT2D eigenvalue weighted by Crippen LogP contribution is 2.52. The first-order valence-electron chi connectivity index (χ1n) is 7.39. The second-order valence-electron chi connectivity index (χ2n) is 7.25. The molecule has 112 valence electrons. The smallest absolute Gasteiger partial charge is 0.113 e. The van der Waals surface area contributed by atoms with Crippen molar-refractivity contribution in [3.8, 4) is 0 Å². The minimum atomic E-state index is -0.311. The van der Waals surface area contributed by atoms with Gasteiger partial charge >= 0.3 is 0 Å².